The minimum Gasteiger partial charge on any atom is -0.493 e. The number of aryl methyl sites for hydroxylation is 1. The Kier molecular flexibility index (Phi) is 7.45. The molecule has 0 spiro atoms. The van der Waals surface area contributed by atoms with Crippen molar-refractivity contribution in [2.45, 2.75) is 32.0 Å². The van der Waals surface area contributed by atoms with Crippen LogP contribution >= 0.6 is 0 Å². The monoisotopic (exact) mass is 462 g/mol. The highest BCUT2D eigenvalue weighted by atomic mass is 16.5. The van der Waals surface area contributed by atoms with Crippen LogP contribution in [0.5, 0.6) is 11.5 Å². The minimum absolute atomic E-state index is 0.191. The Bertz CT molecular complexity index is 1130. The van der Waals surface area contributed by atoms with Gasteiger partial charge in [0, 0.05) is 25.2 Å². The number of rotatable bonds is 9. The highest BCUT2D eigenvalue weighted by molar-refractivity contribution is 5.93. The molecule has 1 saturated heterocycles. The van der Waals surface area contributed by atoms with Crippen LogP contribution in [-0.4, -0.2) is 52.8 Å². The number of methoxy groups -OCH3 is 1. The van der Waals surface area contributed by atoms with Crippen LogP contribution in [-0.2, 0) is 13.0 Å². The summed E-state index contributed by atoms with van der Waals surface area (Å²) in [6.07, 6.45) is 1.46. The molecule has 0 radical (unpaired) electrons. The Balaban J connectivity index is 1.37. The predicted molar refractivity (Wildman–Crippen MR) is 128 cm³/mol. The highest BCUT2D eigenvalue weighted by Crippen LogP contribution is 2.35. The fraction of sp³-hybridized carbons (Fsp3) is 0.333. The van der Waals surface area contributed by atoms with Gasteiger partial charge in [-0.2, -0.15) is 0 Å². The normalized spacial score (nSPS) is 14.4. The summed E-state index contributed by atoms with van der Waals surface area (Å²) in [6, 6.07) is 17.4. The van der Waals surface area contributed by atoms with Gasteiger partial charge in [-0.3, -0.25) is 9.78 Å². The fourth-order valence-electron chi connectivity index (χ4n) is 3.98. The lowest BCUT2D eigenvalue weighted by Gasteiger charge is -2.39. The zero-order chi connectivity index (χ0) is 24.1. The third-order valence-corrected chi connectivity index (χ3v) is 6.21. The first kappa shape index (κ1) is 23.7. The number of carbonyl (C=O) groups is 1. The summed E-state index contributed by atoms with van der Waals surface area (Å²) in [5.74, 6) is 1.35. The quantitative estimate of drug-likeness (QED) is 0.506. The van der Waals surface area contributed by atoms with Gasteiger partial charge in [0.05, 0.1) is 13.7 Å². The number of aliphatic hydroxyl groups excluding tert-OH is 2. The average Bonchev–Trinajstić information content (AvgIpc) is 2.86. The van der Waals surface area contributed by atoms with Crippen molar-refractivity contribution in [1.29, 1.82) is 0 Å². The molecule has 1 fully saturated rings. The van der Waals surface area contributed by atoms with E-state index >= 15 is 0 Å². The molecule has 2 N–H and O–H groups in total. The van der Waals surface area contributed by atoms with E-state index in [1.807, 2.05) is 18.2 Å². The van der Waals surface area contributed by atoms with Crippen LogP contribution in [0.25, 0.3) is 0 Å². The molecule has 1 atom stereocenters. The van der Waals surface area contributed by atoms with Gasteiger partial charge in [0.2, 0.25) is 0 Å². The van der Waals surface area contributed by atoms with Crippen LogP contribution in [0.1, 0.15) is 51.7 Å². The third kappa shape index (κ3) is 5.21. The molecule has 34 heavy (non-hydrogen) atoms. The van der Waals surface area contributed by atoms with E-state index in [2.05, 4.69) is 36.2 Å². The van der Waals surface area contributed by atoms with Crippen LogP contribution in [0.3, 0.4) is 0 Å². The predicted octanol–water partition coefficient (Wildman–Crippen LogP) is 3.50. The molecule has 7 heteroatoms. The molecule has 7 nitrogen and oxygen atoms in total. The number of likely N-dealkylation sites (tertiary alicyclic amines) is 1. The van der Waals surface area contributed by atoms with Gasteiger partial charge in [-0.15, -0.1) is 0 Å². The molecule has 0 aliphatic carbocycles. The summed E-state index contributed by atoms with van der Waals surface area (Å²) in [7, 11) is 1.62. The molecule has 2 aromatic carbocycles. The Morgan fingerprint density at radius 1 is 1.09 bits per heavy atom. The molecule has 1 amide bonds. The third-order valence-electron chi connectivity index (χ3n) is 6.21. The van der Waals surface area contributed by atoms with Gasteiger partial charge >= 0.3 is 0 Å². The van der Waals surface area contributed by atoms with Crippen molar-refractivity contribution in [2.24, 2.45) is 0 Å². The molecule has 3 aromatic rings. The molecule has 0 bridgehead atoms. The number of hydrogen-bond donors (Lipinski definition) is 2. The first-order valence-electron chi connectivity index (χ1n) is 11.4. The molecular formula is C27H30N2O5. The topological polar surface area (TPSA) is 92.1 Å². The molecule has 0 saturated carbocycles. The molecule has 1 aliphatic rings. The highest BCUT2D eigenvalue weighted by Gasteiger charge is 2.33. The van der Waals surface area contributed by atoms with Gasteiger partial charge in [-0.1, -0.05) is 37.3 Å². The van der Waals surface area contributed by atoms with Crippen LogP contribution in [0.15, 0.2) is 60.8 Å². The summed E-state index contributed by atoms with van der Waals surface area (Å²) in [5.41, 5.74) is 4.21. The van der Waals surface area contributed by atoms with Gasteiger partial charge in [0.15, 0.2) is 11.5 Å². The average molecular weight is 463 g/mol. The molecule has 4 rings (SSSR count). The van der Waals surface area contributed by atoms with Crippen molar-refractivity contribution in [3.8, 4) is 11.5 Å². The maximum Gasteiger partial charge on any atom is 0.272 e. The number of pyridine rings is 1. The van der Waals surface area contributed by atoms with Crippen molar-refractivity contribution in [1.82, 2.24) is 9.88 Å². The van der Waals surface area contributed by atoms with E-state index in [1.54, 1.807) is 18.1 Å². The molecule has 1 aromatic heterocycles. The van der Waals surface area contributed by atoms with E-state index in [0.29, 0.717) is 36.8 Å². The number of nitrogens with zero attached hydrogens (tertiary/aromatic N) is 2. The van der Waals surface area contributed by atoms with Crippen molar-refractivity contribution in [3.63, 3.8) is 0 Å². The Morgan fingerprint density at radius 3 is 2.50 bits per heavy atom. The Morgan fingerprint density at radius 2 is 1.82 bits per heavy atom. The molecule has 178 valence electrons. The van der Waals surface area contributed by atoms with E-state index < -0.39 is 12.7 Å². The van der Waals surface area contributed by atoms with Crippen molar-refractivity contribution in [3.05, 3.63) is 88.7 Å². The van der Waals surface area contributed by atoms with Crippen LogP contribution < -0.4 is 9.47 Å². The summed E-state index contributed by atoms with van der Waals surface area (Å²) in [5, 5.41) is 18.9. The number of carbonyl (C=O) groups excluding carboxylic acids is 1. The van der Waals surface area contributed by atoms with E-state index in [9.17, 15) is 9.90 Å². The Hall–Kier alpha value is -3.42. The van der Waals surface area contributed by atoms with Gasteiger partial charge in [0.1, 0.15) is 18.4 Å². The van der Waals surface area contributed by atoms with E-state index in [4.69, 9.17) is 14.6 Å². The molecule has 2 heterocycles. The number of aliphatic hydroxyl groups is 2. The van der Waals surface area contributed by atoms with E-state index in [1.165, 1.54) is 17.8 Å². The van der Waals surface area contributed by atoms with Crippen LogP contribution in [0.4, 0.5) is 0 Å². The minimum atomic E-state index is -1.03. The number of hydrogen-bond acceptors (Lipinski definition) is 6. The summed E-state index contributed by atoms with van der Waals surface area (Å²) in [4.78, 5) is 18.6. The van der Waals surface area contributed by atoms with Gasteiger partial charge in [0.25, 0.3) is 5.91 Å². The lowest BCUT2D eigenvalue weighted by molar-refractivity contribution is 0.0594. The number of benzene rings is 2. The van der Waals surface area contributed by atoms with Crippen LogP contribution in [0, 0.1) is 0 Å². The van der Waals surface area contributed by atoms with Gasteiger partial charge in [-0.25, -0.2) is 0 Å². The van der Waals surface area contributed by atoms with Crippen LogP contribution in [0.2, 0.25) is 0 Å². The second kappa shape index (κ2) is 10.7. The van der Waals surface area contributed by atoms with Crippen molar-refractivity contribution >= 4 is 5.91 Å². The number of aromatic nitrogens is 1. The van der Waals surface area contributed by atoms with Gasteiger partial charge < -0.3 is 24.6 Å². The maximum absolute atomic E-state index is 12.8. The SMILES string of the molecule is CCc1ccc(COc2ccc(C3CN(C(=O)c4cc(C(O)CO)ccn4)C3)cc2OC)cc1. The first-order valence-corrected chi connectivity index (χ1v) is 11.4. The summed E-state index contributed by atoms with van der Waals surface area (Å²) in [6.45, 7) is 3.33. The lowest BCUT2D eigenvalue weighted by atomic mass is 9.90. The van der Waals surface area contributed by atoms with Gasteiger partial charge in [-0.05, 0) is 52.9 Å². The van der Waals surface area contributed by atoms with E-state index in [0.717, 1.165) is 17.5 Å². The molecular weight excluding hydrogens is 432 g/mol. The smallest absolute Gasteiger partial charge is 0.272 e. The summed E-state index contributed by atoms with van der Waals surface area (Å²) >= 11 is 0. The number of amides is 1. The Labute approximate surface area is 199 Å². The maximum atomic E-state index is 12.8. The number of ether oxygens (including phenoxy) is 2. The first-order chi connectivity index (χ1) is 16.5. The van der Waals surface area contributed by atoms with E-state index in [-0.39, 0.29) is 17.5 Å². The second-order valence-corrected chi connectivity index (χ2v) is 8.45. The van der Waals surface area contributed by atoms with Crippen molar-refractivity contribution in [2.75, 3.05) is 26.8 Å². The second-order valence-electron chi connectivity index (χ2n) is 8.45. The van der Waals surface area contributed by atoms with Crippen molar-refractivity contribution < 1.29 is 24.5 Å². The zero-order valence-corrected chi connectivity index (χ0v) is 19.5. The summed E-state index contributed by atoms with van der Waals surface area (Å²) < 4.78 is 11.6. The lowest BCUT2D eigenvalue weighted by Crippen LogP contribution is -2.48. The molecule has 1 unspecified atom stereocenters. The largest absolute Gasteiger partial charge is 0.493 e. The molecule has 1 aliphatic heterocycles. The zero-order valence-electron chi connectivity index (χ0n) is 19.5. The standard InChI is InChI=1S/C27H30N2O5/c1-3-18-4-6-19(7-5-18)17-34-25-9-8-20(13-26(25)33-2)22-14-29(15-22)27(32)23-12-21(10-11-28-23)24(31)16-30/h4-13,22,24,30-31H,3,14-17H2,1-2H3. The fourth-order valence-corrected chi connectivity index (χ4v) is 3.98.